The summed E-state index contributed by atoms with van der Waals surface area (Å²) in [6.45, 7) is 6.16. The van der Waals surface area contributed by atoms with E-state index < -0.39 is 0 Å². The first kappa shape index (κ1) is 13.4. The number of anilines is 1. The lowest BCUT2D eigenvalue weighted by molar-refractivity contribution is 1.38. The fourth-order valence-electron chi connectivity index (χ4n) is 2.50. The van der Waals surface area contributed by atoms with Gasteiger partial charge in [-0.05, 0) is 23.3 Å². The van der Waals surface area contributed by atoms with E-state index in [0.29, 0.717) is 0 Å². The number of hydrogen-bond acceptors (Lipinski definition) is 2. The van der Waals surface area contributed by atoms with Crippen molar-refractivity contribution in [2.24, 2.45) is 5.84 Å². The molecule has 3 rings (SSSR count). The number of nitrogens with two attached hydrogens (primary N) is 1. The Morgan fingerprint density at radius 1 is 0.737 bits per heavy atom. The Hall–Kier alpha value is -2.06. The maximum atomic E-state index is 5.68. The van der Waals surface area contributed by atoms with Gasteiger partial charge in [-0.25, -0.2) is 0 Å². The van der Waals surface area contributed by atoms with Gasteiger partial charge in [-0.1, -0.05) is 62.4 Å². The molecule has 0 amide bonds. The molecule has 0 heterocycles. The Balaban J connectivity index is 0.000000637. The minimum atomic E-state index is 1.00. The van der Waals surface area contributed by atoms with Gasteiger partial charge in [0.15, 0.2) is 0 Å². The van der Waals surface area contributed by atoms with Crippen molar-refractivity contribution >= 4 is 27.2 Å². The van der Waals surface area contributed by atoms with E-state index in [2.05, 4.69) is 48.7 Å². The van der Waals surface area contributed by atoms with E-state index in [1.165, 1.54) is 27.1 Å². The van der Waals surface area contributed by atoms with E-state index >= 15 is 0 Å². The second-order valence-electron chi connectivity index (χ2n) is 4.24. The predicted molar refractivity (Wildman–Crippen MR) is 85.3 cm³/mol. The lowest BCUT2D eigenvalue weighted by Gasteiger charge is -2.13. The van der Waals surface area contributed by atoms with E-state index in [1.54, 1.807) is 0 Å². The zero-order valence-electron chi connectivity index (χ0n) is 11.7. The van der Waals surface area contributed by atoms with Crippen molar-refractivity contribution in [1.82, 2.24) is 0 Å². The number of fused-ring (bicyclic) bond motifs is 2. The molecule has 2 nitrogen and oxygen atoms in total. The van der Waals surface area contributed by atoms with E-state index in [9.17, 15) is 0 Å². The molecule has 0 unspecified atom stereocenters. The molecule has 3 aromatic rings. The molecule has 98 valence electrons. The number of nitrogen functional groups attached to an aromatic ring is 1. The van der Waals surface area contributed by atoms with Crippen LogP contribution in [0.5, 0.6) is 0 Å². The summed E-state index contributed by atoms with van der Waals surface area (Å²) in [5.41, 5.74) is 5.14. The quantitative estimate of drug-likeness (QED) is 0.377. The third-order valence-corrected chi connectivity index (χ3v) is 3.35. The molecule has 3 N–H and O–H groups in total. The monoisotopic (exact) mass is 252 g/mol. The molecule has 19 heavy (non-hydrogen) atoms. The van der Waals surface area contributed by atoms with Crippen molar-refractivity contribution in [3.8, 4) is 0 Å². The Bertz CT molecular complexity index is 645. The first-order valence-electron chi connectivity index (χ1n) is 6.69. The normalized spacial score (nSPS) is 10.1. The standard InChI is InChI=1S/C15H14N2.C2H6/c1-10-11-6-2-4-8-13(11)15(17-16)14-9-5-3-7-12(10)14;1-2/h2-9,17H,16H2,1H3;1-2H3. The second-order valence-corrected chi connectivity index (χ2v) is 4.24. The summed E-state index contributed by atoms with van der Waals surface area (Å²) < 4.78 is 0. The summed E-state index contributed by atoms with van der Waals surface area (Å²) in [5.74, 6) is 5.68. The number of hydrazine groups is 1. The third kappa shape index (κ3) is 2.15. The summed E-state index contributed by atoms with van der Waals surface area (Å²) >= 11 is 0. The van der Waals surface area contributed by atoms with Crippen LogP contribution in [-0.2, 0) is 0 Å². The predicted octanol–water partition coefficient (Wildman–Crippen LogP) is 4.61. The maximum Gasteiger partial charge on any atom is 0.0642 e. The lowest BCUT2D eigenvalue weighted by Crippen LogP contribution is -2.08. The van der Waals surface area contributed by atoms with Gasteiger partial charge in [-0.2, -0.15) is 0 Å². The van der Waals surface area contributed by atoms with Gasteiger partial charge < -0.3 is 5.43 Å². The van der Waals surface area contributed by atoms with Crippen LogP contribution in [0.2, 0.25) is 0 Å². The van der Waals surface area contributed by atoms with Crippen molar-refractivity contribution in [3.05, 3.63) is 54.1 Å². The van der Waals surface area contributed by atoms with Crippen molar-refractivity contribution in [2.45, 2.75) is 20.8 Å². The second kappa shape index (κ2) is 5.72. The Labute approximate surface area is 114 Å². The average molecular weight is 252 g/mol. The Kier molecular flexibility index (Phi) is 4.03. The van der Waals surface area contributed by atoms with Crippen molar-refractivity contribution in [3.63, 3.8) is 0 Å². The molecule has 0 aliphatic carbocycles. The minimum absolute atomic E-state index is 1.00. The number of aryl methyl sites for hydroxylation is 1. The molecule has 3 aromatic carbocycles. The number of benzene rings is 3. The molecule has 0 atom stereocenters. The zero-order chi connectivity index (χ0) is 13.8. The van der Waals surface area contributed by atoms with Gasteiger partial charge in [0, 0.05) is 10.8 Å². The lowest BCUT2D eigenvalue weighted by atomic mass is 9.96. The van der Waals surface area contributed by atoms with Gasteiger partial charge in [0.25, 0.3) is 0 Å². The van der Waals surface area contributed by atoms with Crippen molar-refractivity contribution in [1.29, 1.82) is 0 Å². The molecule has 0 radical (unpaired) electrons. The fourth-order valence-corrected chi connectivity index (χ4v) is 2.50. The highest BCUT2D eigenvalue weighted by Gasteiger charge is 2.09. The SMILES string of the molecule is CC.Cc1c2ccccc2c(NN)c2ccccc12. The first-order chi connectivity index (χ1) is 9.33. The summed E-state index contributed by atoms with van der Waals surface area (Å²) in [5, 5.41) is 4.84. The highest BCUT2D eigenvalue weighted by atomic mass is 15.2. The van der Waals surface area contributed by atoms with Gasteiger partial charge in [-0.15, -0.1) is 0 Å². The van der Waals surface area contributed by atoms with Crippen LogP contribution in [0.4, 0.5) is 5.69 Å². The third-order valence-electron chi connectivity index (χ3n) is 3.35. The summed E-state index contributed by atoms with van der Waals surface area (Å²) in [6.07, 6.45) is 0. The minimum Gasteiger partial charge on any atom is -0.323 e. The van der Waals surface area contributed by atoms with E-state index in [1.807, 2.05) is 26.0 Å². The zero-order valence-corrected chi connectivity index (χ0v) is 11.7. The van der Waals surface area contributed by atoms with Crippen LogP contribution in [0.15, 0.2) is 48.5 Å². The highest BCUT2D eigenvalue weighted by Crippen LogP contribution is 2.35. The smallest absolute Gasteiger partial charge is 0.0642 e. The van der Waals surface area contributed by atoms with E-state index in [-0.39, 0.29) is 0 Å². The molecule has 0 saturated heterocycles. The van der Waals surface area contributed by atoms with Crippen LogP contribution in [0.1, 0.15) is 19.4 Å². The van der Waals surface area contributed by atoms with Gasteiger partial charge in [0.2, 0.25) is 0 Å². The van der Waals surface area contributed by atoms with E-state index in [4.69, 9.17) is 5.84 Å². The number of hydrogen-bond donors (Lipinski definition) is 2. The summed E-state index contributed by atoms with van der Waals surface area (Å²) in [6, 6.07) is 16.7. The molecule has 0 aromatic heterocycles. The van der Waals surface area contributed by atoms with Gasteiger partial charge in [0.1, 0.15) is 0 Å². The van der Waals surface area contributed by atoms with Crippen LogP contribution < -0.4 is 11.3 Å². The molecule has 0 aliphatic rings. The molecular weight excluding hydrogens is 232 g/mol. The van der Waals surface area contributed by atoms with E-state index in [0.717, 1.165) is 5.69 Å². The van der Waals surface area contributed by atoms with Crippen LogP contribution in [-0.4, -0.2) is 0 Å². The highest BCUT2D eigenvalue weighted by molar-refractivity contribution is 6.13. The number of rotatable bonds is 1. The topological polar surface area (TPSA) is 38.0 Å². The Morgan fingerprint density at radius 3 is 1.47 bits per heavy atom. The van der Waals surface area contributed by atoms with Crippen molar-refractivity contribution in [2.75, 3.05) is 5.43 Å². The molecular formula is C17H20N2. The molecule has 2 heteroatoms. The molecule has 0 spiro atoms. The van der Waals surface area contributed by atoms with Gasteiger partial charge in [-0.3, -0.25) is 5.84 Å². The molecule has 0 bridgehead atoms. The molecule has 0 aliphatic heterocycles. The molecule has 0 fully saturated rings. The van der Waals surface area contributed by atoms with Crippen LogP contribution in [0, 0.1) is 6.92 Å². The summed E-state index contributed by atoms with van der Waals surface area (Å²) in [4.78, 5) is 0. The average Bonchev–Trinajstić information content (AvgIpc) is 2.50. The van der Waals surface area contributed by atoms with Crippen LogP contribution in [0.3, 0.4) is 0 Å². The Morgan fingerprint density at radius 2 is 1.11 bits per heavy atom. The fraction of sp³-hybridized carbons (Fsp3) is 0.176. The number of nitrogens with one attached hydrogen (secondary N) is 1. The van der Waals surface area contributed by atoms with Crippen LogP contribution in [0.25, 0.3) is 21.5 Å². The van der Waals surface area contributed by atoms with Crippen molar-refractivity contribution < 1.29 is 0 Å². The largest absolute Gasteiger partial charge is 0.323 e. The molecule has 0 saturated carbocycles. The van der Waals surface area contributed by atoms with Gasteiger partial charge >= 0.3 is 0 Å². The van der Waals surface area contributed by atoms with Gasteiger partial charge in [0.05, 0.1) is 5.69 Å². The van der Waals surface area contributed by atoms with Crippen LogP contribution >= 0.6 is 0 Å². The first-order valence-corrected chi connectivity index (χ1v) is 6.69. The summed E-state index contributed by atoms with van der Waals surface area (Å²) in [7, 11) is 0. The maximum absolute atomic E-state index is 5.68.